The molecule has 4 nitrogen and oxygen atoms in total. The zero-order valence-corrected chi connectivity index (χ0v) is 16.7. The van der Waals surface area contributed by atoms with Crippen molar-refractivity contribution in [3.8, 4) is 5.75 Å². The molecule has 152 valence electrons. The lowest BCUT2D eigenvalue weighted by atomic mass is 9.85. The number of ether oxygens (including phenoxy) is 1. The van der Waals surface area contributed by atoms with E-state index in [0.717, 1.165) is 24.2 Å². The molecule has 1 aliphatic heterocycles. The molecule has 1 saturated heterocycles. The molecule has 0 amide bonds. The highest BCUT2D eigenvalue weighted by molar-refractivity contribution is 5.29. The summed E-state index contributed by atoms with van der Waals surface area (Å²) in [5.74, 6) is -0.200. The van der Waals surface area contributed by atoms with Gasteiger partial charge >= 0.3 is 0 Å². The first-order valence-corrected chi connectivity index (χ1v) is 9.88. The molecule has 1 atom stereocenters. The normalized spacial score (nSPS) is 18.0. The Morgan fingerprint density at radius 1 is 1.11 bits per heavy atom. The number of hydrogen-bond donors (Lipinski definition) is 2. The summed E-state index contributed by atoms with van der Waals surface area (Å²) in [6, 6.07) is 13.1. The summed E-state index contributed by atoms with van der Waals surface area (Å²) in [6.07, 6.45) is 1.85. The van der Waals surface area contributed by atoms with E-state index in [0.29, 0.717) is 32.2 Å². The molecular weight excluding hydrogens is 357 g/mol. The summed E-state index contributed by atoms with van der Waals surface area (Å²) in [5, 5.41) is 21.3. The van der Waals surface area contributed by atoms with Crippen LogP contribution in [0.25, 0.3) is 0 Å². The van der Waals surface area contributed by atoms with E-state index in [1.165, 1.54) is 18.7 Å². The first-order valence-electron chi connectivity index (χ1n) is 9.88. The smallest absolute Gasteiger partial charge is 0.165 e. The molecule has 1 fully saturated rings. The van der Waals surface area contributed by atoms with Crippen molar-refractivity contribution in [3.05, 3.63) is 65.0 Å². The minimum atomic E-state index is -0.685. The van der Waals surface area contributed by atoms with Crippen LogP contribution in [0.5, 0.6) is 5.75 Å². The highest BCUT2D eigenvalue weighted by Crippen LogP contribution is 2.27. The second-order valence-corrected chi connectivity index (χ2v) is 8.01. The van der Waals surface area contributed by atoms with Gasteiger partial charge in [0.05, 0.1) is 18.8 Å². The fraction of sp³-hybridized carbons (Fsp3) is 0.478. The van der Waals surface area contributed by atoms with Crippen LogP contribution in [0.1, 0.15) is 29.5 Å². The predicted octanol–water partition coefficient (Wildman–Crippen LogP) is 3.12. The van der Waals surface area contributed by atoms with Gasteiger partial charge in [-0.3, -0.25) is 0 Å². The lowest BCUT2D eigenvalue weighted by molar-refractivity contribution is -0.0292. The van der Waals surface area contributed by atoms with Gasteiger partial charge in [-0.25, -0.2) is 4.39 Å². The SMILES string of the molecule is COc1ccc(CC(O)CN2CCC(O)(Cc3ccc(C)cc3)CC2)cc1F. The maximum absolute atomic E-state index is 13.8. The van der Waals surface area contributed by atoms with Crippen LogP contribution in [0.3, 0.4) is 0 Å². The van der Waals surface area contributed by atoms with E-state index in [2.05, 4.69) is 36.1 Å². The molecule has 1 aliphatic rings. The van der Waals surface area contributed by atoms with Gasteiger partial charge in [0.25, 0.3) is 0 Å². The average molecular weight is 387 g/mol. The van der Waals surface area contributed by atoms with E-state index in [9.17, 15) is 14.6 Å². The molecule has 0 aromatic heterocycles. The van der Waals surface area contributed by atoms with Crippen molar-refractivity contribution in [2.24, 2.45) is 0 Å². The molecule has 2 aromatic carbocycles. The van der Waals surface area contributed by atoms with Crippen LogP contribution in [0.2, 0.25) is 0 Å². The zero-order chi connectivity index (χ0) is 20.1. The van der Waals surface area contributed by atoms with Crippen molar-refractivity contribution in [1.29, 1.82) is 0 Å². The number of aryl methyl sites for hydroxylation is 1. The minimum absolute atomic E-state index is 0.210. The van der Waals surface area contributed by atoms with Crippen LogP contribution >= 0.6 is 0 Å². The molecule has 0 saturated carbocycles. The molecule has 2 N–H and O–H groups in total. The summed E-state index contributed by atoms with van der Waals surface area (Å²) in [7, 11) is 1.43. The number of piperidine rings is 1. The van der Waals surface area contributed by atoms with Crippen LogP contribution in [0, 0.1) is 12.7 Å². The van der Waals surface area contributed by atoms with Crippen molar-refractivity contribution < 1.29 is 19.3 Å². The van der Waals surface area contributed by atoms with E-state index in [1.807, 2.05) is 0 Å². The monoisotopic (exact) mass is 387 g/mol. The third-order valence-electron chi connectivity index (χ3n) is 5.60. The molecule has 28 heavy (non-hydrogen) atoms. The summed E-state index contributed by atoms with van der Waals surface area (Å²) in [5.41, 5.74) is 2.44. The van der Waals surface area contributed by atoms with E-state index >= 15 is 0 Å². The van der Waals surface area contributed by atoms with Crippen LogP contribution in [0.15, 0.2) is 42.5 Å². The number of methoxy groups -OCH3 is 1. The number of β-amino-alcohol motifs (C(OH)–C–C–N with tert-alkyl or cyclic N) is 1. The Balaban J connectivity index is 1.48. The van der Waals surface area contributed by atoms with Crippen molar-refractivity contribution in [2.75, 3.05) is 26.7 Å². The summed E-state index contributed by atoms with van der Waals surface area (Å²) < 4.78 is 18.7. The first kappa shape index (κ1) is 20.8. The fourth-order valence-electron chi connectivity index (χ4n) is 3.89. The molecule has 0 bridgehead atoms. The second-order valence-electron chi connectivity index (χ2n) is 8.01. The van der Waals surface area contributed by atoms with Crippen LogP contribution < -0.4 is 4.74 Å². The molecule has 5 heteroatoms. The summed E-state index contributed by atoms with van der Waals surface area (Å²) in [4.78, 5) is 2.17. The van der Waals surface area contributed by atoms with Crippen molar-refractivity contribution in [1.82, 2.24) is 4.90 Å². The quantitative estimate of drug-likeness (QED) is 0.767. The number of likely N-dealkylation sites (tertiary alicyclic amines) is 1. The van der Waals surface area contributed by atoms with Gasteiger partial charge in [0.2, 0.25) is 0 Å². The third-order valence-corrected chi connectivity index (χ3v) is 5.60. The summed E-state index contributed by atoms with van der Waals surface area (Å²) >= 11 is 0. The van der Waals surface area contributed by atoms with E-state index < -0.39 is 17.5 Å². The number of aliphatic hydroxyl groups is 2. The van der Waals surface area contributed by atoms with Crippen LogP contribution in [0.4, 0.5) is 4.39 Å². The molecule has 3 rings (SSSR count). The standard InChI is InChI=1S/C23H30FNO3/c1-17-3-5-18(6-4-17)15-23(27)9-11-25(12-10-23)16-20(26)13-19-7-8-22(28-2)21(24)14-19/h3-8,14,20,26-27H,9-13,15-16H2,1-2H3. The Morgan fingerprint density at radius 2 is 1.75 bits per heavy atom. The van der Waals surface area contributed by atoms with Crippen LogP contribution in [-0.2, 0) is 12.8 Å². The lowest BCUT2D eigenvalue weighted by Gasteiger charge is -2.39. The number of rotatable bonds is 7. The predicted molar refractivity (Wildman–Crippen MR) is 108 cm³/mol. The lowest BCUT2D eigenvalue weighted by Crippen LogP contribution is -2.47. The van der Waals surface area contributed by atoms with Crippen LogP contribution in [-0.4, -0.2) is 53.6 Å². The summed E-state index contributed by atoms with van der Waals surface area (Å²) in [6.45, 7) is 4.07. The fourth-order valence-corrected chi connectivity index (χ4v) is 3.89. The molecule has 0 radical (unpaired) electrons. The van der Waals surface area contributed by atoms with E-state index in [-0.39, 0.29) is 5.75 Å². The maximum atomic E-state index is 13.8. The highest BCUT2D eigenvalue weighted by atomic mass is 19.1. The maximum Gasteiger partial charge on any atom is 0.165 e. The number of nitrogens with zero attached hydrogens (tertiary/aromatic N) is 1. The first-order chi connectivity index (χ1) is 13.4. The van der Waals surface area contributed by atoms with Crippen molar-refractivity contribution in [2.45, 2.75) is 44.3 Å². The molecule has 1 heterocycles. The topological polar surface area (TPSA) is 52.9 Å². The number of benzene rings is 2. The molecule has 2 aromatic rings. The second kappa shape index (κ2) is 9.03. The Labute approximate surface area is 166 Å². The molecule has 0 aliphatic carbocycles. The molecular formula is C23H30FNO3. The highest BCUT2D eigenvalue weighted by Gasteiger charge is 2.32. The molecule has 0 spiro atoms. The van der Waals surface area contributed by atoms with Gasteiger partial charge in [-0.05, 0) is 49.4 Å². The van der Waals surface area contributed by atoms with Gasteiger partial charge in [0.15, 0.2) is 11.6 Å². The Hall–Kier alpha value is -1.95. The van der Waals surface area contributed by atoms with Gasteiger partial charge in [-0.1, -0.05) is 35.9 Å². The Morgan fingerprint density at radius 3 is 2.36 bits per heavy atom. The number of aliphatic hydroxyl groups excluding tert-OH is 1. The van der Waals surface area contributed by atoms with Gasteiger partial charge in [0, 0.05) is 26.1 Å². The number of hydrogen-bond acceptors (Lipinski definition) is 4. The largest absolute Gasteiger partial charge is 0.494 e. The minimum Gasteiger partial charge on any atom is -0.494 e. The van der Waals surface area contributed by atoms with Gasteiger partial charge in [-0.2, -0.15) is 0 Å². The third kappa shape index (κ3) is 5.53. The molecule has 1 unspecified atom stereocenters. The average Bonchev–Trinajstić information content (AvgIpc) is 2.66. The van der Waals surface area contributed by atoms with E-state index in [1.54, 1.807) is 12.1 Å². The Bertz CT molecular complexity index is 770. The van der Waals surface area contributed by atoms with Gasteiger partial charge in [-0.15, -0.1) is 0 Å². The van der Waals surface area contributed by atoms with Crippen molar-refractivity contribution >= 4 is 0 Å². The Kier molecular flexibility index (Phi) is 6.70. The van der Waals surface area contributed by atoms with Gasteiger partial charge < -0.3 is 19.8 Å². The zero-order valence-electron chi connectivity index (χ0n) is 16.7. The number of halogens is 1. The van der Waals surface area contributed by atoms with Crippen molar-refractivity contribution in [3.63, 3.8) is 0 Å². The van der Waals surface area contributed by atoms with E-state index in [4.69, 9.17) is 4.74 Å². The van der Waals surface area contributed by atoms with Gasteiger partial charge in [0.1, 0.15) is 0 Å².